The van der Waals surface area contributed by atoms with Crippen molar-refractivity contribution in [1.82, 2.24) is 15.1 Å². The van der Waals surface area contributed by atoms with E-state index in [2.05, 4.69) is 20.4 Å². The molecule has 3 rings (SSSR count). The monoisotopic (exact) mass is 274 g/mol. The summed E-state index contributed by atoms with van der Waals surface area (Å²) in [4.78, 5) is 2.41. The summed E-state index contributed by atoms with van der Waals surface area (Å²) >= 11 is 0. The number of hydrogen-bond donors (Lipinski definition) is 2. The first-order valence-electron chi connectivity index (χ1n) is 7.02. The second-order valence-corrected chi connectivity index (χ2v) is 5.31. The number of halogens is 1. The average molecular weight is 274 g/mol. The van der Waals surface area contributed by atoms with Crippen molar-refractivity contribution in [3.63, 3.8) is 0 Å². The molecule has 1 aliphatic heterocycles. The summed E-state index contributed by atoms with van der Waals surface area (Å²) < 4.78 is 12.9. The van der Waals surface area contributed by atoms with Crippen molar-refractivity contribution >= 4 is 5.69 Å². The van der Waals surface area contributed by atoms with Crippen LogP contribution in [0.25, 0.3) is 0 Å². The Morgan fingerprint density at radius 3 is 2.90 bits per heavy atom. The molecule has 1 atom stereocenters. The van der Waals surface area contributed by atoms with E-state index in [4.69, 9.17) is 0 Å². The summed E-state index contributed by atoms with van der Waals surface area (Å²) in [5.41, 5.74) is 2.13. The number of piperidine rings is 1. The zero-order valence-electron chi connectivity index (χ0n) is 11.3. The number of hydrogen-bond acceptors (Lipinski definition) is 3. The van der Waals surface area contributed by atoms with E-state index in [-0.39, 0.29) is 5.82 Å². The van der Waals surface area contributed by atoms with Crippen molar-refractivity contribution in [3.8, 4) is 0 Å². The van der Waals surface area contributed by atoms with Gasteiger partial charge in [0.1, 0.15) is 5.82 Å². The highest BCUT2D eigenvalue weighted by Crippen LogP contribution is 2.17. The van der Waals surface area contributed by atoms with E-state index in [1.165, 1.54) is 18.6 Å². The van der Waals surface area contributed by atoms with E-state index < -0.39 is 0 Å². The smallest absolute Gasteiger partial charge is 0.123 e. The van der Waals surface area contributed by atoms with Gasteiger partial charge < -0.3 is 5.32 Å². The molecule has 5 heteroatoms. The normalized spacial score (nSPS) is 19.9. The SMILES string of the molecule is Fc1ccc(N[C@H]2CCCN(Cc3ccn[nH]3)C2)cc1. The van der Waals surface area contributed by atoms with Crippen LogP contribution in [0.2, 0.25) is 0 Å². The van der Waals surface area contributed by atoms with E-state index in [9.17, 15) is 4.39 Å². The molecule has 0 bridgehead atoms. The maximum atomic E-state index is 12.9. The van der Waals surface area contributed by atoms with Gasteiger partial charge in [0.15, 0.2) is 0 Å². The molecule has 1 fully saturated rings. The van der Waals surface area contributed by atoms with Crippen molar-refractivity contribution in [2.24, 2.45) is 0 Å². The Hall–Kier alpha value is -1.88. The van der Waals surface area contributed by atoms with Crippen molar-refractivity contribution < 1.29 is 4.39 Å². The second kappa shape index (κ2) is 6.05. The highest BCUT2D eigenvalue weighted by molar-refractivity contribution is 5.43. The Balaban J connectivity index is 1.56. The van der Waals surface area contributed by atoms with Crippen LogP contribution in [0.5, 0.6) is 0 Å². The molecule has 2 heterocycles. The molecule has 0 saturated carbocycles. The number of nitrogens with one attached hydrogen (secondary N) is 2. The molecule has 20 heavy (non-hydrogen) atoms. The molecule has 1 aliphatic rings. The Kier molecular flexibility index (Phi) is 3.97. The van der Waals surface area contributed by atoms with E-state index >= 15 is 0 Å². The molecule has 0 amide bonds. The van der Waals surface area contributed by atoms with Gasteiger partial charge in [0.2, 0.25) is 0 Å². The van der Waals surface area contributed by atoms with Crippen LogP contribution in [0.3, 0.4) is 0 Å². The topological polar surface area (TPSA) is 44.0 Å². The molecule has 1 aromatic carbocycles. The van der Waals surface area contributed by atoms with Crippen molar-refractivity contribution in [2.75, 3.05) is 18.4 Å². The first-order chi connectivity index (χ1) is 9.79. The van der Waals surface area contributed by atoms with Gasteiger partial charge >= 0.3 is 0 Å². The lowest BCUT2D eigenvalue weighted by Crippen LogP contribution is -2.41. The van der Waals surface area contributed by atoms with Gasteiger partial charge in [0.25, 0.3) is 0 Å². The highest BCUT2D eigenvalue weighted by atomic mass is 19.1. The van der Waals surface area contributed by atoms with E-state index in [1.807, 2.05) is 6.07 Å². The lowest BCUT2D eigenvalue weighted by Gasteiger charge is -2.33. The molecular formula is C15H19FN4. The quantitative estimate of drug-likeness (QED) is 0.900. The third-order valence-electron chi connectivity index (χ3n) is 3.67. The van der Waals surface area contributed by atoms with E-state index in [0.717, 1.165) is 37.4 Å². The number of aromatic amines is 1. The van der Waals surface area contributed by atoms with Crippen molar-refractivity contribution in [3.05, 3.63) is 48.0 Å². The number of H-pyrrole nitrogens is 1. The zero-order valence-corrected chi connectivity index (χ0v) is 11.3. The van der Waals surface area contributed by atoms with Gasteiger partial charge in [-0.05, 0) is 49.7 Å². The number of anilines is 1. The number of benzene rings is 1. The fourth-order valence-electron chi connectivity index (χ4n) is 2.71. The van der Waals surface area contributed by atoms with Crippen molar-refractivity contribution in [1.29, 1.82) is 0 Å². The summed E-state index contributed by atoms with van der Waals surface area (Å²) in [6.07, 6.45) is 4.11. The first kappa shape index (κ1) is 13.1. The number of rotatable bonds is 4. The molecule has 2 aromatic rings. The molecule has 1 saturated heterocycles. The molecular weight excluding hydrogens is 255 g/mol. The van der Waals surface area contributed by atoms with Gasteiger partial charge in [0.05, 0.1) is 0 Å². The largest absolute Gasteiger partial charge is 0.381 e. The maximum absolute atomic E-state index is 12.9. The fraction of sp³-hybridized carbons (Fsp3) is 0.400. The Bertz CT molecular complexity index is 523. The predicted molar refractivity (Wildman–Crippen MR) is 76.9 cm³/mol. The van der Waals surface area contributed by atoms with Crippen LogP contribution in [0.4, 0.5) is 10.1 Å². The molecule has 0 radical (unpaired) electrons. The maximum Gasteiger partial charge on any atom is 0.123 e. The fourth-order valence-corrected chi connectivity index (χ4v) is 2.71. The van der Waals surface area contributed by atoms with Crippen LogP contribution in [-0.4, -0.2) is 34.2 Å². The Labute approximate surface area is 118 Å². The van der Waals surface area contributed by atoms with Crippen LogP contribution >= 0.6 is 0 Å². The third kappa shape index (κ3) is 3.36. The summed E-state index contributed by atoms with van der Waals surface area (Å²) in [6, 6.07) is 9.00. The van der Waals surface area contributed by atoms with Gasteiger partial charge in [-0.1, -0.05) is 0 Å². The molecule has 1 aromatic heterocycles. The van der Waals surface area contributed by atoms with Gasteiger partial charge in [-0.25, -0.2) is 4.39 Å². The molecule has 4 nitrogen and oxygen atoms in total. The zero-order chi connectivity index (χ0) is 13.8. The van der Waals surface area contributed by atoms with Gasteiger partial charge in [-0.2, -0.15) is 5.10 Å². The molecule has 0 spiro atoms. The number of likely N-dealkylation sites (tertiary alicyclic amines) is 1. The molecule has 0 unspecified atom stereocenters. The molecule has 106 valence electrons. The van der Waals surface area contributed by atoms with Crippen LogP contribution in [0, 0.1) is 5.82 Å². The summed E-state index contributed by atoms with van der Waals surface area (Å²) in [7, 11) is 0. The highest BCUT2D eigenvalue weighted by Gasteiger charge is 2.20. The summed E-state index contributed by atoms with van der Waals surface area (Å²) in [6.45, 7) is 3.01. The van der Waals surface area contributed by atoms with Crippen LogP contribution in [0.15, 0.2) is 36.5 Å². The van der Waals surface area contributed by atoms with Crippen LogP contribution in [0.1, 0.15) is 18.5 Å². The predicted octanol–water partition coefficient (Wildman–Crippen LogP) is 2.63. The Morgan fingerprint density at radius 2 is 2.15 bits per heavy atom. The van der Waals surface area contributed by atoms with Crippen molar-refractivity contribution in [2.45, 2.75) is 25.4 Å². The standard InChI is InChI=1S/C15H19FN4/c16-12-3-5-13(6-4-12)18-14-2-1-9-20(10-14)11-15-7-8-17-19-15/h3-8,14,18H,1-2,9-11H2,(H,17,19)/t14-/m0/s1. The lowest BCUT2D eigenvalue weighted by atomic mass is 10.1. The number of nitrogens with zero attached hydrogens (tertiary/aromatic N) is 2. The lowest BCUT2D eigenvalue weighted by molar-refractivity contribution is 0.206. The van der Waals surface area contributed by atoms with Gasteiger partial charge in [-0.15, -0.1) is 0 Å². The summed E-state index contributed by atoms with van der Waals surface area (Å²) in [5, 5.41) is 10.5. The van der Waals surface area contributed by atoms with E-state index in [0.29, 0.717) is 6.04 Å². The minimum Gasteiger partial charge on any atom is -0.381 e. The van der Waals surface area contributed by atoms with Gasteiger partial charge in [0, 0.05) is 36.7 Å². The average Bonchev–Trinajstić information content (AvgIpc) is 2.95. The molecule has 2 N–H and O–H groups in total. The first-order valence-corrected chi connectivity index (χ1v) is 7.02. The van der Waals surface area contributed by atoms with Gasteiger partial charge in [-0.3, -0.25) is 10.00 Å². The third-order valence-corrected chi connectivity index (χ3v) is 3.67. The number of aromatic nitrogens is 2. The molecule has 0 aliphatic carbocycles. The minimum absolute atomic E-state index is 0.194. The van der Waals surface area contributed by atoms with Crippen LogP contribution in [-0.2, 0) is 6.54 Å². The van der Waals surface area contributed by atoms with E-state index in [1.54, 1.807) is 18.3 Å². The minimum atomic E-state index is -0.194. The van der Waals surface area contributed by atoms with Crippen LogP contribution < -0.4 is 5.32 Å². The second-order valence-electron chi connectivity index (χ2n) is 5.31. The Morgan fingerprint density at radius 1 is 1.30 bits per heavy atom. The summed E-state index contributed by atoms with van der Waals surface area (Å²) in [5.74, 6) is -0.194.